The molecule has 0 aliphatic carbocycles. The molecule has 0 fully saturated rings. The largest absolute Gasteiger partial charge is 0.292 e. The quantitative estimate of drug-likeness (QED) is 0.167. The molecule has 0 saturated heterocycles. The Morgan fingerprint density at radius 3 is 1.87 bits per heavy atom. The molecule has 0 unspecified atom stereocenters. The molecule has 0 atom stereocenters. The van der Waals surface area contributed by atoms with Crippen molar-refractivity contribution in [2.45, 2.75) is 0 Å². The monoisotopic (exact) mass is 699 g/mol. The zero-order valence-electron chi connectivity index (χ0n) is 29.9. The van der Waals surface area contributed by atoms with Crippen LogP contribution in [0.4, 0.5) is 0 Å². The van der Waals surface area contributed by atoms with Crippen LogP contribution in [0.2, 0.25) is 0 Å². The van der Waals surface area contributed by atoms with Crippen molar-refractivity contribution in [1.82, 2.24) is 14.5 Å². The zero-order chi connectivity index (χ0) is 36.3. The van der Waals surface area contributed by atoms with E-state index in [1.165, 1.54) is 32.5 Å². The smallest absolute Gasteiger partial charge is 0.145 e. The molecule has 256 valence electrons. The average Bonchev–Trinajstić information content (AvgIpc) is 3.66. The van der Waals surface area contributed by atoms with Gasteiger partial charge in [-0.15, -0.1) is 0 Å². The number of hydrogen-bond acceptors (Lipinski definition) is 2. The third-order valence-electron chi connectivity index (χ3n) is 10.9. The number of aromatic nitrogens is 3. The maximum Gasteiger partial charge on any atom is 0.145 e. The van der Waals surface area contributed by atoms with Gasteiger partial charge >= 0.3 is 0 Å². The summed E-state index contributed by atoms with van der Waals surface area (Å²) in [6, 6.07) is 71.6. The van der Waals surface area contributed by atoms with Crippen LogP contribution in [0.5, 0.6) is 0 Å². The average molecular weight is 700 g/mol. The molecule has 0 N–H and O–H groups in total. The van der Waals surface area contributed by atoms with Crippen molar-refractivity contribution in [2.24, 2.45) is 0 Å². The summed E-state index contributed by atoms with van der Waals surface area (Å²) in [7, 11) is 0. The van der Waals surface area contributed by atoms with Crippen LogP contribution in [0.25, 0.3) is 105 Å². The number of nitrogens with zero attached hydrogens (tertiary/aromatic N) is 3. The van der Waals surface area contributed by atoms with Crippen LogP contribution in [0.15, 0.2) is 200 Å². The summed E-state index contributed by atoms with van der Waals surface area (Å²) in [5.41, 5.74) is 12.0. The van der Waals surface area contributed by atoms with Crippen LogP contribution in [0.1, 0.15) is 0 Å². The molecule has 2 heterocycles. The van der Waals surface area contributed by atoms with E-state index in [9.17, 15) is 0 Å². The van der Waals surface area contributed by atoms with Crippen LogP contribution < -0.4 is 0 Å². The molecule has 0 aliphatic rings. The van der Waals surface area contributed by atoms with Crippen LogP contribution in [-0.4, -0.2) is 14.5 Å². The van der Waals surface area contributed by atoms with Crippen LogP contribution in [-0.2, 0) is 0 Å². The van der Waals surface area contributed by atoms with E-state index in [1.807, 2.05) is 6.07 Å². The molecular formula is C52H33N3. The number of pyridine rings is 1. The molecule has 11 aromatic rings. The summed E-state index contributed by atoms with van der Waals surface area (Å²) in [4.78, 5) is 10.5. The van der Waals surface area contributed by atoms with Gasteiger partial charge in [-0.05, 0) is 92.3 Å². The molecule has 0 radical (unpaired) electrons. The molecule has 9 aromatic carbocycles. The van der Waals surface area contributed by atoms with E-state index in [0.717, 1.165) is 72.3 Å². The minimum atomic E-state index is 0.929. The first-order valence-corrected chi connectivity index (χ1v) is 18.7. The van der Waals surface area contributed by atoms with E-state index in [1.54, 1.807) is 0 Å². The zero-order valence-corrected chi connectivity index (χ0v) is 29.9. The SMILES string of the molecule is c1ccc(-c2nc3ccccc3n2-c2cccc(-c3cccc(-c4cc5c(-c6ccc7ccccc7c6)nc6ccccc6c5c5ccccc45)c3)c2)cc1. The van der Waals surface area contributed by atoms with Gasteiger partial charge in [0.05, 0.1) is 22.2 Å². The second kappa shape index (κ2) is 12.6. The van der Waals surface area contributed by atoms with E-state index in [-0.39, 0.29) is 0 Å². The van der Waals surface area contributed by atoms with Crippen molar-refractivity contribution >= 4 is 54.3 Å². The highest BCUT2D eigenvalue weighted by atomic mass is 15.1. The van der Waals surface area contributed by atoms with Gasteiger partial charge in [-0.25, -0.2) is 9.97 Å². The molecule has 3 heteroatoms. The topological polar surface area (TPSA) is 30.7 Å². The van der Waals surface area contributed by atoms with E-state index >= 15 is 0 Å². The summed E-state index contributed by atoms with van der Waals surface area (Å²) >= 11 is 0. The lowest BCUT2D eigenvalue weighted by atomic mass is 9.89. The highest BCUT2D eigenvalue weighted by Crippen LogP contribution is 2.43. The molecule has 0 amide bonds. The van der Waals surface area contributed by atoms with Crippen molar-refractivity contribution in [1.29, 1.82) is 0 Å². The van der Waals surface area contributed by atoms with Crippen LogP contribution >= 0.6 is 0 Å². The molecule has 55 heavy (non-hydrogen) atoms. The van der Waals surface area contributed by atoms with Gasteiger partial charge in [0.15, 0.2) is 0 Å². The Morgan fingerprint density at radius 1 is 0.345 bits per heavy atom. The van der Waals surface area contributed by atoms with Crippen LogP contribution in [0.3, 0.4) is 0 Å². The van der Waals surface area contributed by atoms with Crippen molar-refractivity contribution in [3.63, 3.8) is 0 Å². The van der Waals surface area contributed by atoms with Crippen LogP contribution in [0, 0.1) is 0 Å². The Morgan fingerprint density at radius 2 is 1.00 bits per heavy atom. The maximum absolute atomic E-state index is 5.36. The van der Waals surface area contributed by atoms with E-state index in [2.05, 4.69) is 199 Å². The van der Waals surface area contributed by atoms with Gasteiger partial charge < -0.3 is 0 Å². The number of rotatable bonds is 5. The summed E-state index contributed by atoms with van der Waals surface area (Å²) in [5, 5.41) is 8.42. The summed E-state index contributed by atoms with van der Waals surface area (Å²) in [5.74, 6) is 0.929. The number of hydrogen-bond donors (Lipinski definition) is 0. The number of para-hydroxylation sites is 3. The number of imidazole rings is 1. The van der Waals surface area contributed by atoms with Crippen molar-refractivity contribution in [3.05, 3.63) is 200 Å². The Bertz CT molecular complexity index is 3270. The molecule has 3 nitrogen and oxygen atoms in total. The molecular weight excluding hydrogens is 667 g/mol. The normalized spacial score (nSPS) is 11.6. The van der Waals surface area contributed by atoms with Gasteiger partial charge in [0.2, 0.25) is 0 Å². The fourth-order valence-corrected chi connectivity index (χ4v) is 8.37. The van der Waals surface area contributed by atoms with Crippen molar-refractivity contribution < 1.29 is 0 Å². The predicted molar refractivity (Wildman–Crippen MR) is 231 cm³/mol. The number of fused-ring (bicyclic) bond motifs is 7. The Labute approximate surface area is 318 Å². The Hall–Kier alpha value is -7.36. The Balaban J connectivity index is 1.11. The van der Waals surface area contributed by atoms with E-state index in [0.29, 0.717) is 0 Å². The van der Waals surface area contributed by atoms with Gasteiger partial charge in [-0.1, -0.05) is 152 Å². The fraction of sp³-hybridized carbons (Fsp3) is 0. The predicted octanol–water partition coefficient (Wildman–Crippen LogP) is 13.7. The first-order chi connectivity index (χ1) is 27.3. The highest BCUT2D eigenvalue weighted by molar-refractivity contribution is 6.25. The molecule has 11 rings (SSSR count). The third-order valence-corrected chi connectivity index (χ3v) is 10.9. The number of benzene rings is 9. The lowest BCUT2D eigenvalue weighted by Gasteiger charge is -2.17. The molecule has 0 aliphatic heterocycles. The van der Waals surface area contributed by atoms with E-state index < -0.39 is 0 Å². The van der Waals surface area contributed by atoms with E-state index in [4.69, 9.17) is 9.97 Å². The molecule has 2 aromatic heterocycles. The fourth-order valence-electron chi connectivity index (χ4n) is 8.37. The lowest BCUT2D eigenvalue weighted by molar-refractivity contribution is 1.10. The molecule has 0 saturated carbocycles. The van der Waals surface area contributed by atoms with Gasteiger partial charge in [-0.3, -0.25) is 4.57 Å². The summed E-state index contributed by atoms with van der Waals surface area (Å²) in [6.07, 6.45) is 0. The van der Waals surface area contributed by atoms with Crippen molar-refractivity contribution in [2.75, 3.05) is 0 Å². The third kappa shape index (κ3) is 5.20. The highest BCUT2D eigenvalue weighted by Gasteiger charge is 2.18. The van der Waals surface area contributed by atoms with Gasteiger partial charge in [0.25, 0.3) is 0 Å². The summed E-state index contributed by atoms with van der Waals surface area (Å²) in [6.45, 7) is 0. The minimum absolute atomic E-state index is 0.929. The molecule has 0 bridgehead atoms. The first-order valence-electron chi connectivity index (χ1n) is 18.7. The maximum atomic E-state index is 5.36. The van der Waals surface area contributed by atoms with Gasteiger partial charge in [0, 0.05) is 33.0 Å². The molecule has 0 spiro atoms. The lowest BCUT2D eigenvalue weighted by Crippen LogP contribution is -1.98. The summed E-state index contributed by atoms with van der Waals surface area (Å²) < 4.78 is 2.28. The minimum Gasteiger partial charge on any atom is -0.292 e. The standard InChI is InChI=1S/C52H33N3/c1-2-15-35(16-3-1)52-54-48-26-10-11-27-49(48)55(52)41-21-13-19-38(32-41)37-18-12-20-39(30-37)45-33-46-50(43-23-7-6-22-42(43)45)44-24-8-9-25-47(44)53-51(46)40-29-28-34-14-4-5-17-36(34)31-40/h1-33H. The Kier molecular flexibility index (Phi) is 7.17. The van der Waals surface area contributed by atoms with Crippen molar-refractivity contribution in [3.8, 4) is 50.6 Å². The second-order valence-electron chi connectivity index (χ2n) is 14.2. The second-order valence-corrected chi connectivity index (χ2v) is 14.2. The first kappa shape index (κ1) is 31.2. The van der Waals surface area contributed by atoms with Gasteiger partial charge in [0.1, 0.15) is 5.82 Å². The van der Waals surface area contributed by atoms with Gasteiger partial charge in [-0.2, -0.15) is 0 Å².